The topological polar surface area (TPSA) is 0 Å². The number of benzene rings is 1. The quantitative estimate of drug-likeness (QED) is 0.601. The summed E-state index contributed by atoms with van der Waals surface area (Å²) >= 11 is 0. The van der Waals surface area contributed by atoms with Crippen molar-refractivity contribution in [1.82, 2.24) is 0 Å². The number of allylic oxidation sites excluding steroid dienone is 5. The molecule has 0 nitrogen and oxygen atoms in total. The Morgan fingerprint density at radius 2 is 1.54 bits per heavy atom. The van der Waals surface area contributed by atoms with E-state index in [9.17, 15) is 0 Å². The first-order valence-corrected chi connectivity index (χ1v) is 4.40. The van der Waals surface area contributed by atoms with E-state index in [0.29, 0.717) is 0 Å². The van der Waals surface area contributed by atoms with E-state index < -0.39 is 0 Å². The molecule has 1 aromatic rings. The molecule has 0 heteroatoms. The largest absolute Gasteiger partial charge is 0.0761 e. The van der Waals surface area contributed by atoms with Gasteiger partial charge in [-0.3, -0.25) is 0 Å². The van der Waals surface area contributed by atoms with Gasteiger partial charge in [0.15, 0.2) is 0 Å². The van der Waals surface area contributed by atoms with E-state index >= 15 is 0 Å². The molecule has 0 aliphatic heterocycles. The standard InChI is InChI=1S/C13H11/c1-3-7-12(8-4-1)11-13-9-5-2-6-10-13/h1-11H. The average molecular weight is 167 g/mol. The summed E-state index contributed by atoms with van der Waals surface area (Å²) in [5, 5.41) is 0. The molecular weight excluding hydrogens is 156 g/mol. The highest BCUT2D eigenvalue weighted by Gasteiger charge is 1.91. The van der Waals surface area contributed by atoms with Crippen LogP contribution in [0.5, 0.6) is 0 Å². The van der Waals surface area contributed by atoms with Crippen LogP contribution in [-0.4, -0.2) is 0 Å². The van der Waals surface area contributed by atoms with Crippen molar-refractivity contribution in [2.45, 2.75) is 0 Å². The molecule has 0 fully saturated rings. The first-order chi connectivity index (χ1) is 6.45. The Balaban J connectivity index is 2.25. The van der Waals surface area contributed by atoms with Gasteiger partial charge in [-0.1, -0.05) is 54.6 Å². The predicted octanol–water partition coefficient (Wildman–Crippen LogP) is 3.40. The SMILES string of the molecule is [CH]1C=CC(=Cc2ccccc2)C=C1. The molecule has 0 atom stereocenters. The lowest BCUT2D eigenvalue weighted by Crippen LogP contribution is -1.79. The smallest absolute Gasteiger partial charge is 0.00510 e. The third-order valence-corrected chi connectivity index (χ3v) is 1.93. The van der Waals surface area contributed by atoms with Crippen LogP contribution in [0.4, 0.5) is 0 Å². The van der Waals surface area contributed by atoms with Gasteiger partial charge >= 0.3 is 0 Å². The summed E-state index contributed by atoms with van der Waals surface area (Å²) in [5.74, 6) is 0. The summed E-state index contributed by atoms with van der Waals surface area (Å²) in [6.45, 7) is 0. The van der Waals surface area contributed by atoms with Crippen LogP contribution < -0.4 is 0 Å². The second-order valence-electron chi connectivity index (χ2n) is 2.97. The Bertz CT molecular complexity index is 339. The summed E-state index contributed by atoms with van der Waals surface area (Å²) in [6, 6.07) is 10.3. The highest BCUT2D eigenvalue weighted by Crippen LogP contribution is 2.12. The van der Waals surface area contributed by atoms with Crippen LogP contribution in [0.2, 0.25) is 0 Å². The molecule has 0 spiro atoms. The number of hydrogen-bond acceptors (Lipinski definition) is 0. The second-order valence-corrected chi connectivity index (χ2v) is 2.97. The lowest BCUT2D eigenvalue weighted by atomic mass is 10.1. The van der Waals surface area contributed by atoms with E-state index in [1.165, 1.54) is 11.1 Å². The fraction of sp³-hybridized carbons (Fsp3) is 0. The fourth-order valence-corrected chi connectivity index (χ4v) is 1.29. The minimum absolute atomic E-state index is 1.24. The van der Waals surface area contributed by atoms with Crippen molar-refractivity contribution in [2.75, 3.05) is 0 Å². The third kappa shape index (κ3) is 2.19. The van der Waals surface area contributed by atoms with Crippen molar-refractivity contribution >= 4 is 6.08 Å². The maximum absolute atomic E-state index is 2.17. The van der Waals surface area contributed by atoms with E-state index in [-0.39, 0.29) is 0 Å². The van der Waals surface area contributed by atoms with Crippen LogP contribution in [0.15, 0.2) is 60.2 Å². The summed E-state index contributed by atoms with van der Waals surface area (Å²) < 4.78 is 0. The normalized spacial score (nSPS) is 14.6. The first-order valence-electron chi connectivity index (χ1n) is 4.40. The van der Waals surface area contributed by atoms with Crippen LogP contribution in [0.25, 0.3) is 6.08 Å². The van der Waals surface area contributed by atoms with Gasteiger partial charge in [-0.15, -0.1) is 0 Å². The highest BCUT2D eigenvalue weighted by atomic mass is 14.0. The molecular formula is C13H11. The molecule has 1 aliphatic carbocycles. The first kappa shape index (κ1) is 8.06. The van der Waals surface area contributed by atoms with Crippen molar-refractivity contribution in [2.24, 2.45) is 0 Å². The Kier molecular flexibility index (Phi) is 2.42. The second kappa shape index (κ2) is 3.90. The Labute approximate surface area is 78.9 Å². The van der Waals surface area contributed by atoms with E-state index in [1.807, 2.05) is 12.5 Å². The Morgan fingerprint density at radius 1 is 0.846 bits per heavy atom. The van der Waals surface area contributed by atoms with Crippen molar-refractivity contribution in [3.63, 3.8) is 0 Å². The zero-order valence-electron chi connectivity index (χ0n) is 7.35. The third-order valence-electron chi connectivity index (χ3n) is 1.93. The van der Waals surface area contributed by atoms with Crippen LogP contribution >= 0.6 is 0 Å². The van der Waals surface area contributed by atoms with Crippen molar-refractivity contribution in [3.8, 4) is 0 Å². The Hall–Kier alpha value is -1.56. The molecule has 0 unspecified atom stereocenters. The molecule has 13 heavy (non-hydrogen) atoms. The lowest BCUT2D eigenvalue weighted by Gasteiger charge is -1.99. The molecule has 1 aromatic carbocycles. The van der Waals surface area contributed by atoms with Gasteiger partial charge in [0.25, 0.3) is 0 Å². The molecule has 0 saturated carbocycles. The summed E-state index contributed by atoms with van der Waals surface area (Å²) in [6.07, 6.45) is 12.5. The number of rotatable bonds is 1. The molecule has 1 radical (unpaired) electrons. The zero-order valence-corrected chi connectivity index (χ0v) is 7.35. The lowest BCUT2D eigenvalue weighted by molar-refractivity contribution is 1.58. The minimum atomic E-state index is 1.24. The molecule has 0 amide bonds. The van der Waals surface area contributed by atoms with Crippen molar-refractivity contribution < 1.29 is 0 Å². The van der Waals surface area contributed by atoms with Gasteiger partial charge < -0.3 is 0 Å². The van der Waals surface area contributed by atoms with Crippen LogP contribution in [0.1, 0.15) is 5.56 Å². The molecule has 1 aliphatic rings. The van der Waals surface area contributed by atoms with Gasteiger partial charge in [0.1, 0.15) is 0 Å². The zero-order chi connectivity index (χ0) is 8.93. The monoisotopic (exact) mass is 167 g/mol. The van der Waals surface area contributed by atoms with Crippen LogP contribution in [0, 0.1) is 6.42 Å². The molecule has 0 N–H and O–H groups in total. The molecule has 0 bridgehead atoms. The summed E-state index contributed by atoms with van der Waals surface area (Å²) in [5.41, 5.74) is 2.49. The van der Waals surface area contributed by atoms with Gasteiger partial charge in [-0.05, 0) is 17.2 Å². The van der Waals surface area contributed by atoms with E-state index in [2.05, 4.69) is 54.6 Å². The fourth-order valence-electron chi connectivity index (χ4n) is 1.29. The van der Waals surface area contributed by atoms with E-state index in [1.54, 1.807) is 0 Å². The van der Waals surface area contributed by atoms with Gasteiger partial charge in [-0.2, -0.15) is 0 Å². The van der Waals surface area contributed by atoms with E-state index in [0.717, 1.165) is 0 Å². The van der Waals surface area contributed by atoms with Gasteiger partial charge in [0.05, 0.1) is 0 Å². The van der Waals surface area contributed by atoms with Crippen LogP contribution in [0.3, 0.4) is 0 Å². The van der Waals surface area contributed by atoms with Crippen LogP contribution in [-0.2, 0) is 0 Å². The minimum Gasteiger partial charge on any atom is -0.0761 e. The Morgan fingerprint density at radius 3 is 2.23 bits per heavy atom. The van der Waals surface area contributed by atoms with Gasteiger partial charge in [0.2, 0.25) is 0 Å². The average Bonchev–Trinajstić information content (AvgIpc) is 2.21. The molecule has 0 aromatic heterocycles. The van der Waals surface area contributed by atoms with Crippen molar-refractivity contribution in [1.29, 1.82) is 0 Å². The van der Waals surface area contributed by atoms with Gasteiger partial charge in [0, 0.05) is 6.42 Å². The maximum atomic E-state index is 2.17. The van der Waals surface area contributed by atoms with Gasteiger partial charge in [-0.25, -0.2) is 0 Å². The highest BCUT2D eigenvalue weighted by molar-refractivity contribution is 5.60. The number of hydrogen-bond donors (Lipinski definition) is 0. The predicted molar refractivity (Wildman–Crippen MR) is 57.0 cm³/mol. The molecule has 2 rings (SSSR count). The maximum Gasteiger partial charge on any atom is 0.00510 e. The molecule has 0 heterocycles. The summed E-state index contributed by atoms with van der Waals surface area (Å²) in [4.78, 5) is 0. The molecule has 63 valence electrons. The molecule has 0 saturated heterocycles. The van der Waals surface area contributed by atoms with E-state index in [4.69, 9.17) is 0 Å². The summed E-state index contributed by atoms with van der Waals surface area (Å²) in [7, 11) is 0. The van der Waals surface area contributed by atoms with Crippen molar-refractivity contribution in [3.05, 3.63) is 72.2 Å².